The van der Waals surface area contributed by atoms with E-state index in [2.05, 4.69) is 104 Å². The summed E-state index contributed by atoms with van der Waals surface area (Å²) in [6.45, 7) is 43.9. The van der Waals surface area contributed by atoms with Crippen LogP contribution in [-0.2, 0) is 47.7 Å². The Morgan fingerprint density at radius 1 is 0.409 bits per heavy atom. The number of ether oxygens (including phenoxy) is 5. The fourth-order valence-electron chi connectivity index (χ4n) is 38.5. The molecule has 0 radical (unpaired) electrons. The number of carbonyl (C=O) groups excluding carboxylic acids is 4. The summed E-state index contributed by atoms with van der Waals surface area (Å²) in [5.74, 6) is 12.8. The van der Waals surface area contributed by atoms with Crippen LogP contribution in [0.1, 0.15) is 401 Å². The van der Waals surface area contributed by atoms with Crippen molar-refractivity contribution in [3.8, 4) is 0 Å². The molecule has 8 N–H and O–H groups in total. The molecule has 0 amide bonds. The smallest absolute Gasteiger partial charge is 0.870 e. The van der Waals surface area contributed by atoms with Gasteiger partial charge in [-0.3, -0.25) is 24.0 Å². The Morgan fingerprint density at radius 3 is 1.21 bits per heavy atom. The van der Waals surface area contributed by atoms with Crippen molar-refractivity contribution < 1.29 is 118 Å². The number of Topliss-reactive ketones (excluding diaryl/α,β-unsaturated/α-hetero) is 2. The second kappa shape index (κ2) is 44.7. The molecule has 0 bridgehead atoms. The van der Waals surface area contributed by atoms with Gasteiger partial charge < -0.3 is 64.9 Å². The largest absolute Gasteiger partial charge is 1.00 e. The Kier molecular flexibility index (Phi) is 37.0. The van der Waals surface area contributed by atoms with Crippen LogP contribution < -0.4 is 29.6 Å². The monoisotopic (exact) mass is 1860 g/mol. The number of esters is 2. The third-order valence-corrected chi connectivity index (χ3v) is 45.1. The Balaban J connectivity index is 0.000000158. The quantitative estimate of drug-likeness (QED) is 0.0193. The number of aliphatic carboxylic acids is 1. The van der Waals surface area contributed by atoms with Gasteiger partial charge in [0.2, 0.25) is 0 Å². The van der Waals surface area contributed by atoms with Crippen molar-refractivity contribution in [1.29, 1.82) is 0 Å². The molecular formula is C113H191NaO18. The Labute approximate surface area is 821 Å². The predicted octanol–water partition coefficient (Wildman–Crippen LogP) is 19.8. The maximum Gasteiger partial charge on any atom is 1.00 e. The molecule has 16 aliphatic carbocycles. The maximum atomic E-state index is 14.0. The molecule has 17 fully saturated rings. The summed E-state index contributed by atoms with van der Waals surface area (Å²) in [6.07, 6.45) is 42.5. The van der Waals surface area contributed by atoms with E-state index < -0.39 is 12.3 Å². The van der Waals surface area contributed by atoms with Gasteiger partial charge in [0.25, 0.3) is 0 Å². The first-order valence-corrected chi connectivity index (χ1v) is 55.3. The van der Waals surface area contributed by atoms with E-state index in [1.807, 2.05) is 20.8 Å². The molecule has 0 aromatic heterocycles. The van der Waals surface area contributed by atoms with E-state index in [4.69, 9.17) is 28.8 Å². The molecule has 752 valence electrons. The molecule has 0 aromatic rings. The second-order valence-corrected chi connectivity index (χ2v) is 50.4. The molecule has 13 unspecified atom stereocenters. The van der Waals surface area contributed by atoms with Crippen molar-refractivity contribution in [3.05, 3.63) is 0 Å². The van der Waals surface area contributed by atoms with Crippen LogP contribution >= 0.6 is 0 Å². The number of aliphatic hydroxyl groups excluding tert-OH is 6. The van der Waals surface area contributed by atoms with Gasteiger partial charge in [0.1, 0.15) is 11.6 Å². The Morgan fingerprint density at radius 2 is 0.788 bits per heavy atom. The molecule has 18 nitrogen and oxygen atoms in total. The summed E-state index contributed by atoms with van der Waals surface area (Å²) >= 11 is 0. The molecule has 1 saturated heterocycles. The van der Waals surface area contributed by atoms with E-state index >= 15 is 0 Å². The zero-order valence-corrected chi connectivity index (χ0v) is 88.6. The van der Waals surface area contributed by atoms with E-state index in [0.29, 0.717) is 192 Å². The van der Waals surface area contributed by atoms with Gasteiger partial charge >= 0.3 is 47.5 Å². The third kappa shape index (κ3) is 20.7. The summed E-state index contributed by atoms with van der Waals surface area (Å²) in [4.78, 5) is 62.9. The standard InChI is InChI=1S/C31H50O5.C28H50O4.C28H46O4.C26H44O4.Na.H2O/c1-5-34-27(33)12-9-20(2)23-10-11-24-29-25(14-16-31(23,24)4)30(3)15-13-22(18-21(30)19-26(29)32)36-28-8-6-7-17-35-28;2*1-6-19-23-16-18(29)12-14-28(23,5)22-13-15-27(4)20(9-10-21(27)25(22)26(19)31)17(3)8-11-24(30)32-7-2;1-5-17-21-14-16(27)10-12-26(21,4)20-11-13-25(3)18(15(2)6-9-22(28)29)7-8-19(25)23(20)24(17)30;;/h20-25,28-29H,5-19H2,1-4H3;17-26,29-31H,6-16H2,1-5H3;17-23,25,29H,6-16H2,1-5H3;15-21,23-24,27,30H,5-14H2,1-4H3,(H,28,29);;1H2/q;;;;+1;/p-1/t20-,21+,22-,23?,24+,25?,28?,29?,30+,31-;17-,18-,19-,20?,21+,22?,23+,24-,25?,26-,27-,28-;17-,18-,19-,20?,21+,22?,23+,25?,27-,28-;15-,16-,17-,18?,19+,20?,21+,23?,24-,25-,26-;;/m1111../s1. The van der Waals surface area contributed by atoms with Crippen LogP contribution in [0, 0.1) is 203 Å². The van der Waals surface area contributed by atoms with Crippen molar-refractivity contribution >= 4 is 29.5 Å². The Bertz CT molecular complexity index is 3760. The molecule has 17 rings (SSSR count). The van der Waals surface area contributed by atoms with E-state index in [1.54, 1.807) is 0 Å². The molecule has 1 heterocycles. The number of rotatable bonds is 25. The van der Waals surface area contributed by atoms with Crippen LogP contribution in [0.2, 0.25) is 0 Å². The number of hydrogen-bond acceptors (Lipinski definition) is 17. The number of aliphatic hydroxyl groups is 6. The van der Waals surface area contributed by atoms with Crippen LogP contribution in [0.4, 0.5) is 0 Å². The number of carboxylic acids is 1. The first kappa shape index (κ1) is 109. The maximum absolute atomic E-state index is 14.0. The summed E-state index contributed by atoms with van der Waals surface area (Å²) in [5, 5.41) is 74.0. The normalized spacial score (nSPS) is 47.6. The molecule has 0 aromatic carbocycles. The molecule has 132 heavy (non-hydrogen) atoms. The van der Waals surface area contributed by atoms with Crippen LogP contribution in [0.15, 0.2) is 0 Å². The van der Waals surface area contributed by atoms with Gasteiger partial charge in [0.05, 0.1) is 49.8 Å². The predicted molar refractivity (Wildman–Crippen MR) is 512 cm³/mol. The number of carbonyl (C=O) groups is 5. The van der Waals surface area contributed by atoms with Crippen molar-refractivity contribution in [2.75, 3.05) is 26.4 Å². The van der Waals surface area contributed by atoms with Crippen LogP contribution in [-0.4, -0.2) is 146 Å². The molecular weight excluding hydrogens is 1670 g/mol. The zero-order valence-electron chi connectivity index (χ0n) is 86.6. The summed E-state index contributed by atoms with van der Waals surface area (Å²) in [7, 11) is 0. The SMILES string of the molecule is CCOC(=O)CC[C@@H](C)C1CC[C@H]2C3C(=O)C[C@@H]4C[C@H](OC5CCCCO5)CC[C@]4(C)C3CC[C@]12C.CCOC(=O)CC[C@@H](C)C1CC[C@H]2C3C(=O)[C@H](CC)[C@@H]4C[C@H](O)CC[C@]4(C)C3CC[C@]12C.CCO[C@@H](O)CC[C@@H](C)C1CC[C@H]2C3C(CC[C@]12C)[C@@]1(C)CC[C@@H](O)C[C@H]1[C@@H](CC)[C@H]3O.CC[C@H]1[C@@H](O)C2C(CC[C@]3(C)C([C@H](C)CCC(=O)O)CC[C@@H]23)[C@@]2(C)CC[C@@H](O)C[C@@H]12.[Na+].[OH-]. The minimum absolute atomic E-state index is 0. The van der Waals surface area contributed by atoms with E-state index in [-0.39, 0.29) is 152 Å². The van der Waals surface area contributed by atoms with E-state index in [9.17, 15) is 54.6 Å². The second-order valence-electron chi connectivity index (χ2n) is 50.4. The van der Waals surface area contributed by atoms with E-state index in [0.717, 1.165) is 161 Å². The van der Waals surface area contributed by atoms with Crippen molar-refractivity contribution in [1.82, 2.24) is 0 Å². The average Bonchev–Trinajstić information content (AvgIpc) is 1.33. The van der Waals surface area contributed by atoms with Gasteiger partial charge in [-0.05, 0) is 444 Å². The summed E-state index contributed by atoms with van der Waals surface area (Å²) in [6, 6.07) is 0. The van der Waals surface area contributed by atoms with Crippen molar-refractivity contribution in [2.45, 2.75) is 450 Å². The fraction of sp³-hybridized carbons (Fsp3) is 0.956. The summed E-state index contributed by atoms with van der Waals surface area (Å²) < 4.78 is 28.0. The molecule has 19 heteroatoms. The number of fused-ring (bicyclic) bond motifs is 20. The van der Waals surface area contributed by atoms with Gasteiger partial charge in [-0.15, -0.1) is 0 Å². The minimum atomic E-state index is -0.683. The van der Waals surface area contributed by atoms with Gasteiger partial charge in [-0.2, -0.15) is 0 Å². The van der Waals surface area contributed by atoms with E-state index in [1.165, 1.54) is 103 Å². The van der Waals surface area contributed by atoms with Gasteiger partial charge in [0.15, 0.2) is 12.6 Å². The fourth-order valence-corrected chi connectivity index (χ4v) is 38.5. The molecule has 17 aliphatic rings. The van der Waals surface area contributed by atoms with Crippen molar-refractivity contribution in [2.24, 2.45) is 203 Å². The van der Waals surface area contributed by atoms with Crippen LogP contribution in [0.3, 0.4) is 0 Å². The topological polar surface area (TPSA) is 303 Å². The summed E-state index contributed by atoms with van der Waals surface area (Å²) in [5.41, 5.74) is 1.96. The van der Waals surface area contributed by atoms with Gasteiger partial charge in [0, 0.05) is 56.7 Å². The van der Waals surface area contributed by atoms with Gasteiger partial charge in [-0.1, -0.05) is 117 Å². The number of ketones is 2. The first-order valence-electron chi connectivity index (χ1n) is 55.3. The minimum Gasteiger partial charge on any atom is -0.870 e. The van der Waals surface area contributed by atoms with Crippen LogP contribution in [0.25, 0.3) is 0 Å². The Hall–Kier alpha value is -1.65. The molecule has 43 atom stereocenters. The van der Waals surface area contributed by atoms with Crippen molar-refractivity contribution in [3.63, 3.8) is 0 Å². The number of hydrogen-bond donors (Lipinski definition) is 7. The molecule has 16 saturated carbocycles. The number of carboxylic acid groups (broad SMARTS) is 1. The first-order chi connectivity index (χ1) is 61.7. The molecule has 1 aliphatic heterocycles. The molecule has 0 spiro atoms. The average molecular weight is 1860 g/mol. The third-order valence-electron chi connectivity index (χ3n) is 45.1. The van der Waals surface area contributed by atoms with Gasteiger partial charge in [-0.25, -0.2) is 0 Å². The zero-order chi connectivity index (χ0) is 93.9. The van der Waals surface area contributed by atoms with Crippen LogP contribution in [0.5, 0.6) is 0 Å².